The first-order valence-corrected chi connectivity index (χ1v) is 10.4. The van der Waals surface area contributed by atoms with Gasteiger partial charge in [-0.1, -0.05) is 18.2 Å². The number of carbonyl (C=O) groups is 1. The molecule has 1 heterocycles. The molecular formula is C19H26O3S2. The van der Waals surface area contributed by atoms with Crippen molar-refractivity contribution in [3.63, 3.8) is 0 Å². The molecule has 1 unspecified atom stereocenters. The molecule has 132 valence electrons. The van der Waals surface area contributed by atoms with Crippen molar-refractivity contribution in [3.8, 4) is 5.75 Å². The number of hydrogen-bond acceptors (Lipinski definition) is 5. The maximum absolute atomic E-state index is 11.0. The van der Waals surface area contributed by atoms with Crippen molar-refractivity contribution in [2.45, 2.75) is 49.2 Å². The molecule has 24 heavy (non-hydrogen) atoms. The number of allylic oxidation sites excluding steroid dienone is 1. The minimum atomic E-state index is -0.418. The number of phenolic OH excluding ortho intramolecular Hbond substituents is 1. The summed E-state index contributed by atoms with van der Waals surface area (Å²) in [7, 11) is 0. The van der Waals surface area contributed by atoms with Crippen LogP contribution in [0.2, 0.25) is 0 Å². The largest absolute Gasteiger partial charge is 0.508 e. The van der Waals surface area contributed by atoms with E-state index in [0.717, 1.165) is 30.8 Å². The molecule has 0 spiro atoms. The number of benzene rings is 1. The second-order valence-electron chi connectivity index (χ2n) is 6.23. The van der Waals surface area contributed by atoms with Crippen molar-refractivity contribution in [3.05, 3.63) is 42.0 Å². The fourth-order valence-corrected chi connectivity index (χ4v) is 6.26. The Kier molecular flexibility index (Phi) is 7.72. The molecule has 0 aromatic heterocycles. The van der Waals surface area contributed by atoms with Crippen LogP contribution in [-0.4, -0.2) is 37.7 Å². The van der Waals surface area contributed by atoms with Crippen molar-refractivity contribution in [1.29, 1.82) is 0 Å². The van der Waals surface area contributed by atoms with Gasteiger partial charge in [-0.05, 0) is 74.3 Å². The number of hydrogen-bond donors (Lipinski definition) is 2. The molecule has 0 radical (unpaired) electrons. The normalized spacial score (nSPS) is 18.6. The van der Waals surface area contributed by atoms with Gasteiger partial charge in [0.15, 0.2) is 5.78 Å². The van der Waals surface area contributed by atoms with E-state index in [1.54, 1.807) is 18.2 Å². The van der Waals surface area contributed by atoms with Gasteiger partial charge < -0.3 is 10.2 Å². The molecule has 1 atom stereocenters. The van der Waals surface area contributed by atoms with Gasteiger partial charge in [-0.2, -0.15) is 0 Å². The first-order chi connectivity index (χ1) is 11.5. The van der Waals surface area contributed by atoms with Gasteiger partial charge in [0.1, 0.15) is 5.75 Å². The number of rotatable bonds is 8. The van der Waals surface area contributed by atoms with Gasteiger partial charge in [0, 0.05) is 0 Å². The van der Waals surface area contributed by atoms with E-state index in [0.29, 0.717) is 12.2 Å². The fraction of sp³-hybridized carbons (Fsp3) is 0.526. The molecule has 0 bridgehead atoms. The Bertz CT molecular complexity index is 548. The second kappa shape index (κ2) is 9.54. The van der Waals surface area contributed by atoms with E-state index >= 15 is 0 Å². The number of aliphatic hydroxyl groups is 1. The van der Waals surface area contributed by atoms with Gasteiger partial charge in [0.25, 0.3) is 0 Å². The number of thioether (sulfide) groups is 2. The maximum atomic E-state index is 11.0. The van der Waals surface area contributed by atoms with Crippen LogP contribution < -0.4 is 0 Å². The minimum Gasteiger partial charge on any atom is -0.508 e. The standard InChI is InChI=1S/C19H26O3S2/c1-15(20)4-2-5-18(22)14-19(23-12-3-13-24-19)11-10-16-6-8-17(21)9-7-16/h2,4,6-9,18,21-22H,3,5,10-14H2,1H3/b4-2+. The van der Waals surface area contributed by atoms with E-state index in [1.165, 1.54) is 25.0 Å². The van der Waals surface area contributed by atoms with Crippen molar-refractivity contribution in [2.75, 3.05) is 11.5 Å². The summed E-state index contributed by atoms with van der Waals surface area (Å²) in [5.74, 6) is 2.59. The molecule has 5 heteroatoms. The Labute approximate surface area is 152 Å². The maximum Gasteiger partial charge on any atom is 0.152 e. The molecule has 1 aromatic carbocycles. The molecular weight excluding hydrogens is 340 g/mol. The highest BCUT2D eigenvalue weighted by atomic mass is 32.2. The summed E-state index contributed by atoms with van der Waals surface area (Å²) in [5.41, 5.74) is 1.21. The number of ketones is 1. The third-order valence-electron chi connectivity index (χ3n) is 4.06. The number of aryl methyl sites for hydroxylation is 1. The zero-order valence-electron chi connectivity index (χ0n) is 14.1. The molecule has 1 aromatic rings. The number of aliphatic hydroxyl groups excluding tert-OH is 1. The predicted molar refractivity (Wildman–Crippen MR) is 104 cm³/mol. The van der Waals surface area contributed by atoms with Gasteiger partial charge in [0.2, 0.25) is 0 Å². The number of carbonyl (C=O) groups excluding carboxylic acids is 1. The molecule has 0 aliphatic carbocycles. The summed E-state index contributed by atoms with van der Waals surface area (Å²) >= 11 is 3.93. The Hall–Kier alpha value is -0.910. The molecule has 1 fully saturated rings. The molecule has 2 rings (SSSR count). The zero-order chi connectivity index (χ0) is 17.4. The van der Waals surface area contributed by atoms with Crippen LogP contribution in [0.25, 0.3) is 0 Å². The molecule has 0 saturated carbocycles. The third-order valence-corrected chi connectivity index (χ3v) is 7.54. The highest BCUT2D eigenvalue weighted by Crippen LogP contribution is 2.48. The number of phenols is 1. The Morgan fingerprint density at radius 3 is 2.58 bits per heavy atom. The molecule has 3 nitrogen and oxygen atoms in total. The second-order valence-corrected chi connectivity index (χ2v) is 9.45. The fourth-order valence-electron chi connectivity index (χ4n) is 2.81. The highest BCUT2D eigenvalue weighted by Gasteiger charge is 2.35. The van der Waals surface area contributed by atoms with Crippen LogP contribution in [0.1, 0.15) is 38.2 Å². The summed E-state index contributed by atoms with van der Waals surface area (Å²) < 4.78 is 0.0413. The van der Waals surface area contributed by atoms with Crippen LogP contribution in [0.15, 0.2) is 36.4 Å². The monoisotopic (exact) mass is 366 g/mol. The number of aromatic hydroxyl groups is 1. The lowest BCUT2D eigenvalue weighted by Gasteiger charge is -2.37. The van der Waals surface area contributed by atoms with Gasteiger partial charge in [-0.25, -0.2) is 0 Å². The molecule has 1 saturated heterocycles. The summed E-state index contributed by atoms with van der Waals surface area (Å²) in [6, 6.07) is 7.38. The van der Waals surface area contributed by atoms with Crippen LogP contribution in [0, 0.1) is 0 Å². The van der Waals surface area contributed by atoms with Crippen LogP contribution in [0.3, 0.4) is 0 Å². The summed E-state index contributed by atoms with van der Waals surface area (Å²) in [4.78, 5) is 11.0. The average molecular weight is 367 g/mol. The predicted octanol–water partition coefficient (Wildman–Crippen LogP) is 4.18. The molecule has 1 aliphatic rings. The zero-order valence-corrected chi connectivity index (χ0v) is 15.7. The van der Waals surface area contributed by atoms with Gasteiger partial charge in [-0.15, -0.1) is 23.5 Å². The van der Waals surface area contributed by atoms with E-state index < -0.39 is 6.10 Å². The average Bonchev–Trinajstić information content (AvgIpc) is 2.55. The Balaban J connectivity index is 1.94. The van der Waals surface area contributed by atoms with Crippen LogP contribution in [0.4, 0.5) is 0 Å². The van der Waals surface area contributed by atoms with Crippen molar-refractivity contribution < 1.29 is 15.0 Å². The quantitative estimate of drug-likeness (QED) is 0.676. The topological polar surface area (TPSA) is 57.5 Å². The first kappa shape index (κ1) is 19.4. The van der Waals surface area contributed by atoms with Crippen molar-refractivity contribution in [1.82, 2.24) is 0 Å². The summed E-state index contributed by atoms with van der Waals surface area (Å²) in [6.07, 6.45) is 7.32. The lowest BCUT2D eigenvalue weighted by molar-refractivity contribution is -0.112. The van der Waals surface area contributed by atoms with Crippen molar-refractivity contribution in [2.24, 2.45) is 0 Å². The lowest BCUT2D eigenvalue weighted by Crippen LogP contribution is -2.31. The van der Waals surface area contributed by atoms with E-state index in [-0.39, 0.29) is 9.86 Å². The van der Waals surface area contributed by atoms with Crippen LogP contribution >= 0.6 is 23.5 Å². The Morgan fingerprint density at radius 2 is 1.96 bits per heavy atom. The lowest BCUT2D eigenvalue weighted by atomic mass is 10.0. The van der Waals surface area contributed by atoms with Gasteiger partial charge in [-0.3, -0.25) is 4.79 Å². The molecule has 0 amide bonds. The SMILES string of the molecule is CC(=O)/C=C/CC(O)CC1(CCc2ccc(O)cc2)SCCCS1. The van der Waals surface area contributed by atoms with E-state index in [2.05, 4.69) is 0 Å². The summed E-state index contributed by atoms with van der Waals surface area (Å²) in [5, 5.41) is 19.8. The third kappa shape index (κ3) is 6.54. The Morgan fingerprint density at radius 1 is 1.29 bits per heavy atom. The van der Waals surface area contributed by atoms with Gasteiger partial charge in [0.05, 0.1) is 10.2 Å². The van der Waals surface area contributed by atoms with E-state index in [1.807, 2.05) is 35.7 Å². The molecule has 2 N–H and O–H groups in total. The molecule has 1 aliphatic heterocycles. The van der Waals surface area contributed by atoms with E-state index in [9.17, 15) is 15.0 Å². The van der Waals surface area contributed by atoms with Crippen LogP contribution in [-0.2, 0) is 11.2 Å². The highest BCUT2D eigenvalue weighted by molar-refractivity contribution is 8.18. The van der Waals surface area contributed by atoms with Crippen molar-refractivity contribution >= 4 is 29.3 Å². The first-order valence-electron chi connectivity index (χ1n) is 8.40. The minimum absolute atomic E-state index is 0.0191. The van der Waals surface area contributed by atoms with Crippen LogP contribution in [0.5, 0.6) is 5.75 Å². The van der Waals surface area contributed by atoms with E-state index in [4.69, 9.17) is 0 Å². The summed E-state index contributed by atoms with van der Waals surface area (Å²) in [6.45, 7) is 1.52. The smallest absolute Gasteiger partial charge is 0.152 e. The van der Waals surface area contributed by atoms with Gasteiger partial charge >= 0.3 is 0 Å².